The molecule has 6 heteroatoms. The van der Waals surface area contributed by atoms with Gasteiger partial charge < -0.3 is 10.0 Å². The average Bonchev–Trinajstić information content (AvgIpc) is 3.12. The highest BCUT2D eigenvalue weighted by Gasteiger charge is 2.33. The Kier molecular flexibility index (Phi) is 8.32. The van der Waals surface area contributed by atoms with E-state index in [1.165, 1.54) is 0 Å². The van der Waals surface area contributed by atoms with Gasteiger partial charge in [0.1, 0.15) is 12.3 Å². The van der Waals surface area contributed by atoms with Gasteiger partial charge in [-0.15, -0.1) is 0 Å². The smallest absolute Gasteiger partial charge is 0.212 e. The molecule has 1 aliphatic carbocycles. The molecule has 7 rings (SSSR count). The van der Waals surface area contributed by atoms with Gasteiger partial charge in [0, 0.05) is 47.9 Å². The van der Waals surface area contributed by atoms with E-state index < -0.39 is 0 Å². The molecule has 2 aliphatic rings. The van der Waals surface area contributed by atoms with Crippen LogP contribution < -0.4 is 30.8 Å². The number of ketones is 1. The maximum absolute atomic E-state index is 13.3. The van der Waals surface area contributed by atoms with Crippen LogP contribution in [0.15, 0.2) is 124 Å². The van der Waals surface area contributed by atoms with Crippen LogP contribution in [0, 0.1) is 10.4 Å². The van der Waals surface area contributed by atoms with Crippen molar-refractivity contribution in [1.82, 2.24) is 0 Å². The molecule has 0 radical (unpaired) electrons. The van der Waals surface area contributed by atoms with E-state index in [0.717, 1.165) is 72.3 Å². The second-order valence-corrected chi connectivity index (χ2v) is 12.4. The molecule has 0 unspecified atom stereocenters. The molecule has 48 heavy (non-hydrogen) atoms. The third-order valence-corrected chi connectivity index (χ3v) is 9.37. The van der Waals surface area contributed by atoms with Gasteiger partial charge in [0.2, 0.25) is 27.9 Å². The Morgan fingerprint density at radius 2 is 1.46 bits per heavy atom. The van der Waals surface area contributed by atoms with Crippen LogP contribution in [0.3, 0.4) is 0 Å². The van der Waals surface area contributed by atoms with E-state index in [1.54, 1.807) is 36.4 Å². The van der Waals surface area contributed by atoms with Crippen molar-refractivity contribution in [2.45, 2.75) is 46.1 Å². The Hall–Kier alpha value is -5.62. The van der Waals surface area contributed by atoms with Crippen molar-refractivity contribution in [3.05, 3.63) is 167 Å². The number of hydrogen-bond acceptors (Lipinski definition) is 5. The number of nitrogens with zero attached hydrogens (tertiary/aromatic N) is 2. The molecule has 0 saturated carbocycles. The number of pyridine rings is 1. The third-order valence-electron chi connectivity index (χ3n) is 9.37. The molecule has 0 saturated heterocycles. The summed E-state index contributed by atoms with van der Waals surface area (Å²) in [4.78, 5) is 42.1. The fourth-order valence-electron chi connectivity index (χ4n) is 6.67. The van der Waals surface area contributed by atoms with Crippen LogP contribution in [0.4, 0.5) is 5.69 Å². The molecule has 1 aromatic heterocycles. The molecule has 4 aromatic carbocycles. The molecule has 0 amide bonds. The van der Waals surface area contributed by atoms with Crippen molar-refractivity contribution >= 4 is 40.1 Å². The van der Waals surface area contributed by atoms with Gasteiger partial charge in [0.15, 0.2) is 0 Å². The van der Waals surface area contributed by atoms with Gasteiger partial charge in [-0.1, -0.05) is 87.4 Å². The Balaban J connectivity index is 1.24. The summed E-state index contributed by atoms with van der Waals surface area (Å²) in [6.45, 7) is 5.87. The first-order chi connectivity index (χ1) is 23.4. The molecular formula is C42H37N2O4+. The second kappa shape index (κ2) is 12.9. The highest BCUT2D eigenvalue weighted by atomic mass is 16.3. The summed E-state index contributed by atoms with van der Waals surface area (Å²) in [5, 5.41) is 13.5. The molecule has 2 heterocycles. The lowest BCUT2D eigenvalue weighted by atomic mass is 9.85. The summed E-state index contributed by atoms with van der Waals surface area (Å²) < 4.78 is 2.17. The zero-order chi connectivity index (χ0) is 33.4. The predicted molar refractivity (Wildman–Crippen MR) is 191 cm³/mol. The van der Waals surface area contributed by atoms with Crippen LogP contribution in [-0.2, 0) is 11.3 Å². The minimum atomic E-state index is -0.290. The number of anilines is 1. The highest BCUT2D eigenvalue weighted by molar-refractivity contribution is 6.37. The predicted octanol–water partition coefficient (Wildman–Crippen LogP) is 5.40. The number of aryl methyl sites for hydroxylation is 1. The van der Waals surface area contributed by atoms with Crippen molar-refractivity contribution in [2.24, 2.45) is 0 Å². The van der Waals surface area contributed by atoms with Gasteiger partial charge in [0.05, 0.1) is 21.6 Å². The second-order valence-electron chi connectivity index (χ2n) is 12.4. The number of rotatable bonds is 8. The van der Waals surface area contributed by atoms with E-state index in [2.05, 4.69) is 47.6 Å². The summed E-state index contributed by atoms with van der Waals surface area (Å²) in [7, 11) is 0. The molecule has 6 nitrogen and oxygen atoms in total. The first-order valence-corrected chi connectivity index (χ1v) is 16.7. The third kappa shape index (κ3) is 5.33. The number of aromatic nitrogens is 1. The molecule has 0 spiro atoms. The van der Waals surface area contributed by atoms with Gasteiger partial charge in [0.25, 0.3) is 0 Å². The number of Topliss-reactive ketones (excluding diaryl/α,β-unsaturated/α-hetero) is 1. The van der Waals surface area contributed by atoms with E-state index in [1.807, 2.05) is 48.6 Å². The number of hydrogen-bond donors (Lipinski definition) is 1. The van der Waals surface area contributed by atoms with Gasteiger partial charge in [-0.25, -0.2) is 0 Å². The standard InChI is InChI=1S/C42H36N2O4/c1-3-5-23-43-31(21-19-27-11-7-9-13-35(27)43)25-33-39(45)37(40(33)46)29-15-17-30(18-16-29)38-41(47)34(42(38)48)26-32-22-20-28-12-8-10-14-36(28)44(32)24-6-4-2/h7-22,25-26H,3-6,23-24H2,1-2H3/p+1/b31-25-. The lowest BCUT2D eigenvalue weighted by molar-refractivity contribution is -0.673. The van der Waals surface area contributed by atoms with Gasteiger partial charge in [-0.3, -0.25) is 14.4 Å². The summed E-state index contributed by atoms with van der Waals surface area (Å²) in [6.07, 6.45) is 11.5. The number of fused-ring (bicyclic) bond motifs is 2. The SMILES string of the molecule is CCCCN1/C(=C\C2=C(O)C(=c3ccc(=c4c(=O)c(=Cc5ccc6ccccc6[n+]5CCCC)c4=O)cc3)C2=O)C=Cc2ccccc21. The Labute approximate surface area is 278 Å². The van der Waals surface area contributed by atoms with E-state index >= 15 is 0 Å². The molecule has 238 valence electrons. The Morgan fingerprint density at radius 3 is 2.21 bits per heavy atom. The number of para-hydroxylation sites is 2. The number of carbonyl (C=O) groups excluding carboxylic acids is 1. The fraction of sp³-hybridized carbons (Fsp3) is 0.190. The lowest BCUT2D eigenvalue weighted by Crippen LogP contribution is -2.51. The summed E-state index contributed by atoms with van der Waals surface area (Å²) in [5.41, 5.74) is 4.86. The van der Waals surface area contributed by atoms with Crippen LogP contribution in [0.25, 0.3) is 28.6 Å². The van der Waals surface area contributed by atoms with E-state index in [9.17, 15) is 19.5 Å². The molecular weight excluding hydrogens is 596 g/mol. The topological polar surface area (TPSA) is 78.6 Å². The number of carbonyl (C=O) groups is 1. The molecule has 0 atom stereocenters. The highest BCUT2D eigenvalue weighted by Crippen LogP contribution is 2.35. The molecule has 1 N–H and O–H groups in total. The van der Waals surface area contributed by atoms with Crippen molar-refractivity contribution in [3.8, 4) is 0 Å². The van der Waals surface area contributed by atoms with Crippen LogP contribution in [0.1, 0.15) is 50.8 Å². The first-order valence-electron chi connectivity index (χ1n) is 16.7. The van der Waals surface area contributed by atoms with Gasteiger partial charge >= 0.3 is 0 Å². The Bertz CT molecular complexity index is 2460. The monoisotopic (exact) mass is 633 g/mol. The minimum absolute atomic E-state index is 0.0524. The van der Waals surface area contributed by atoms with E-state index in [0.29, 0.717) is 10.4 Å². The largest absolute Gasteiger partial charge is 0.506 e. The first kappa shape index (κ1) is 31.0. The summed E-state index contributed by atoms with van der Waals surface area (Å²) >= 11 is 0. The molecule has 5 aromatic rings. The van der Waals surface area contributed by atoms with Crippen molar-refractivity contribution in [3.63, 3.8) is 0 Å². The van der Waals surface area contributed by atoms with Crippen LogP contribution >= 0.6 is 0 Å². The number of aliphatic hydroxyl groups excluding tert-OH is 1. The number of allylic oxidation sites excluding steroid dienone is 4. The number of benzene rings is 3. The van der Waals surface area contributed by atoms with Crippen LogP contribution in [0.2, 0.25) is 0 Å². The van der Waals surface area contributed by atoms with Crippen molar-refractivity contribution in [2.75, 3.05) is 11.4 Å². The van der Waals surface area contributed by atoms with Gasteiger partial charge in [-0.2, -0.15) is 4.57 Å². The summed E-state index contributed by atoms with van der Waals surface area (Å²) in [6, 6.07) is 26.9. The quantitative estimate of drug-likeness (QED) is 0.232. The Morgan fingerprint density at radius 1 is 0.750 bits per heavy atom. The van der Waals surface area contributed by atoms with Crippen LogP contribution in [0.5, 0.6) is 0 Å². The zero-order valence-electron chi connectivity index (χ0n) is 27.2. The zero-order valence-corrected chi connectivity index (χ0v) is 27.2. The van der Waals surface area contributed by atoms with Crippen molar-refractivity contribution in [1.29, 1.82) is 0 Å². The normalized spacial score (nSPS) is 15.0. The van der Waals surface area contributed by atoms with Gasteiger partial charge in [-0.05, 0) is 52.8 Å². The maximum atomic E-state index is 13.3. The minimum Gasteiger partial charge on any atom is -0.506 e. The number of unbranched alkanes of at least 4 members (excludes halogenated alkanes) is 2. The number of aliphatic hydroxyl groups is 1. The molecule has 0 fully saturated rings. The average molecular weight is 634 g/mol. The lowest BCUT2D eigenvalue weighted by Gasteiger charge is -2.31. The van der Waals surface area contributed by atoms with Crippen molar-refractivity contribution < 1.29 is 14.5 Å². The molecule has 1 aliphatic heterocycles. The van der Waals surface area contributed by atoms with E-state index in [-0.39, 0.29) is 44.0 Å². The van der Waals surface area contributed by atoms with E-state index in [4.69, 9.17) is 0 Å². The maximum Gasteiger partial charge on any atom is 0.212 e. The fourth-order valence-corrected chi connectivity index (χ4v) is 6.67. The van der Waals surface area contributed by atoms with Crippen LogP contribution in [-0.4, -0.2) is 17.4 Å². The molecule has 0 bridgehead atoms. The summed E-state index contributed by atoms with van der Waals surface area (Å²) in [5.74, 6) is -0.292.